The van der Waals surface area contributed by atoms with Gasteiger partial charge >= 0.3 is 0 Å². The highest BCUT2D eigenvalue weighted by Crippen LogP contribution is 2.21. The maximum Gasteiger partial charge on any atom is 0.243 e. The first-order chi connectivity index (χ1) is 15.4. The molecule has 0 saturated carbocycles. The van der Waals surface area contributed by atoms with Crippen LogP contribution in [0.4, 0.5) is 0 Å². The smallest absolute Gasteiger partial charge is 0.243 e. The molecule has 2 aromatic carbocycles. The van der Waals surface area contributed by atoms with E-state index >= 15 is 0 Å². The van der Waals surface area contributed by atoms with Crippen LogP contribution in [-0.2, 0) is 21.2 Å². The van der Waals surface area contributed by atoms with E-state index in [0.717, 1.165) is 16.9 Å². The lowest BCUT2D eigenvalue weighted by Crippen LogP contribution is -2.50. The van der Waals surface area contributed by atoms with Crippen molar-refractivity contribution in [1.82, 2.24) is 14.2 Å². The van der Waals surface area contributed by atoms with Crippen LogP contribution >= 0.6 is 0 Å². The summed E-state index contributed by atoms with van der Waals surface area (Å²) in [5, 5.41) is 0. The van der Waals surface area contributed by atoms with Crippen molar-refractivity contribution in [3.05, 3.63) is 72.2 Å². The van der Waals surface area contributed by atoms with E-state index in [-0.39, 0.29) is 5.91 Å². The summed E-state index contributed by atoms with van der Waals surface area (Å²) in [5.41, 5.74) is 1.99. The molecule has 0 spiro atoms. The van der Waals surface area contributed by atoms with Gasteiger partial charge in [-0.15, -0.1) is 0 Å². The highest BCUT2D eigenvalue weighted by Gasteiger charge is 2.29. The molecule has 8 heteroatoms. The van der Waals surface area contributed by atoms with Crippen LogP contribution in [0.25, 0.3) is 11.3 Å². The molecule has 1 aliphatic rings. The van der Waals surface area contributed by atoms with E-state index in [0.29, 0.717) is 56.2 Å². The highest BCUT2D eigenvalue weighted by molar-refractivity contribution is 7.89. The summed E-state index contributed by atoms with van der Waals surface area (Å²) in [4.78, 5) is 18.9. The maximum absolute atomic E-state index is 12.8. The zero-order valence-electron chi connectivity index (χ0n) is 18.1. The minimum absolute atomic E-state index is 0.0345. The number of hydrogen-bond donors (Lipinski definition) is 0. The Morgan fingerprint density at radius 2 is 1.69 bits per heavy atom. The van der Waals surface area contributed by atoms with E-state index < -0.39 is 10.0 Å². The minimum Gasteiger partial charge on any atom is -0.441 e. The molecule has 0 radical (unpaired) electrons. The van der Waals surface area contributed by atoms with Crippen LogP contribution in [0.1, 0.15) is 24.3 Å². The predicted molar refractivity (Wildman–Crippen MR) is 121 cm³/mol. The third-order valence-electron chi connectivity index (χ3n) is 5.64. The van der Waals surface area contributed by atoms with E-state index in [1.54, 1.807) is 35.4 Å². The van der Waals surface area contributed by atoms with Gasteiger partial charge in [-0.3, -0.25) is 4.79 Å². The van der Waals surface area contributed by atoms with Gasteiger partial charge in [-0.25, -0.2) is 13.4 Å². The number of benzene rings is 2. The van der Waals surface area contributed by atoms with Gasteiger partial charge < -0.3 is 9.32 Å². The lowest BCUT2D eigenvalue weighted by atomic mass is 10.2. The summed E-state index contributed by atoms with van der Waals surface area (Å²) in [6, 6.07) is 16.6. The number of rotatable bonds is 7. The number of carbonyl (C=O) groups is 1. The number of piperazine rings is 1. The van der Waals surface area contributed by atoms with Gasteiger partial charge in [0.1, 0.15) is 0 Å². The standard InChI is InChI=1S/C24H27N3O4S/c1-19-10-12-21(13-11-19)32(29,30)27-16-14-26(15-17-27)24(28)9-5-8-23-25-18-22(31-23)20-6-3-2-4-7-20/h2-4,6-7,10-13,18H,5,8-9,14-17H2,1H3. The quantitative estimate of drug-likeness (QED) is 0.547. The number of amides is 1. The molecule has 1 fully saturated rings. The van der Waals surface area contributed by atoms with Gasteiger partial charge in [0.25, 0.3) is 0 Å². The van der Waals surface area contributed by atoms with Crippen LogP contribution in [0.5, 0.6) is 0 Å². The molecule has 168 valence electrons. The maximum atomic E-state index is 12.8. The zero-order chi connectivity index (χ0) is 22.6. The Morgan fingerprint density at radius 1 is 1.00 bits per heavy atom. The number of oxazole rings is 1. The fourth-order valence-corrected chi connectivity index (χ4v) is 5.17. The van der Waals surface area contributed by atoms with E-state index in [9.17, 15) is 13.2 Å². The molecule has 3 aromatic rings. The fourth-order valence-electron chi connectivity index (χ4n) is 3.75. The first-order valence-electron chi connectivity index (χ1n) is 10.8. The largest absolute Gasteiger partial charge is 0.441 e. The second-order valence-electron chi connectivity index (χ2n) is 7.94. The molecule has 7 nitrogen and oxygen atoms in total. The molecule has 0 atom stereocenters. The molecule has 1 aliphatic heterocycles. The van der Waals surface area contributed by atoms with E-state index in [4.69, 9.17) is 4.42 Å². The average molecular weight is 454 g/mol. The topological polar surface area (TPSA) is 83.7 Å². The van der Waals surface area contributed by atoms with Gasteiger partial charge in [-0.1, -0.05) is 48.0 Å². The zero-order valence-corrected chi connectivity index (χ0v) is 18.9. The molecule has 0 unspecified atom stereocenters. The van der Waals surface area contributed by atoms with Crippen molar-refractivity contribution in [2.75, 3.05) is 26.2 Å². The number of nitrogens with zero attached hydrogens (tertiary/aromatic N) is 3. The number of carbonyl (C=O) groups excluding carboxylic acids is 1. The van der Waals surface area contributed by atoms with E-state index in [1.165, 1.54) is 4.31 Å². The van der Waals surface area contributed by atoms with Crippen molar-refractivity contribution in [3.8, 4) is 11.3 Å². The highest BCUT2D eigenvalue weighted by atomic mass is 32.2. The molecule has 1 saturated heterocycles. The summed E-state index contributed by atoms with van der Waals surface area (Å²) in [6.07, 6.45) is 3.31. The molecule has 0 aliphatic carbocycles. The van der Waals surface area contributed by atoms with Crippen LogP contribution in [-0.4, -0.2) is 54.7 Å². The second-order valence-corrected chi connectivity index (χ2v) is 9.87. The van der Waals surface area contributed by atoms with Crippen molar-refractivity contribution in [1.29, 1.82) is 0 Å². The van der Waals surface area contributed by atoms with Crippen LogP contribution in [0, 0.1) is 6.92 Å². The lowest BCUT2D eigenvalue weighted by Gasteiger charge is -2.34. The van der Waals surface area contributed by atoms with Gasteiger partial charge in [-0.05, 0) is 25.5 Å². The number of sulfonamides is 1. The van der Waals surface area contributed by atoms with Crippen LogP contribution < -0.4 is 0 Å². The molecule has 2 heterocycles. The summed E-state index contributed by atoms with van der Waals surface area (Å²) >= 11 is 0. The van der Waals surface area contributed by atoms with Gasteiger partial charge in [0, 0.05) is 44.6 Å². The third kappa shape index (κ3) is 5.08. The van der Waals surface area contributed by atoms with Gasteiger partial charge in [0.2, 0.25) is 15.9 Å². The Hall–Kier alpha value is -2.97. The predicted octanol–water partition coefficient (Wildman–Crippen LogP) is 3.51. The molecule has 4 rings (SSSR count). The monoisotopic (exact) mass is 453 g/mol. The Balaban J connectivity index is 1.24. The summed E-state index contributed by atoms with van der Waals surface area (Å²) in [5.74, 6) is 1.37. The van der Waals surface area contributed by atoms with Gasteiger partial charge in [-0.2, -0.15) is 4.31 Å². The van der Waals surface area contributed by atoms with E-state index in [1.807, 2.05) is 37.3 Å². The number of aryl methyl sites for hydroxylation is 2. The Kier molecular flexibility index (Phi) is 6.72. The Morgan fingerprint density at radius 3 is 2.38 bits per heavy atom. The number of hydrogen-bond acceptors (Lipinski definition) is 5. The summed E-state index contributed by atoms with van der Waals surface area (Å²) in [6.45, 7) is 3.34. The SMILES string of the molecule is Cc1ccc(S(=O)(=O)N2CCN(C(=O)CCCc3ncc(-c4ccccc4)o3)CC2)cc1. The Bertz CT molecular complexity index is 1150. The average Bonchev–Trinajstić information content (AvgIpc) is 3.29. The third-order valence-corrected chi connectivity index (χ3v) is 7.56. The van der Waals surface area contributed by atoms with Crippen molar-refractivity contribution < 1.29 is 17.6 Å². The fraction of sp³-hybridized carbons (Fsp3) is 0.333. The van der Waals surface area contributed by atoms with Gasteiger partial charge in [0.05, 0.1) is 11.1 Å². The molecule has 0 N–H and O–H groups in total. The Labute approximate surface area is 188 Å². The summed E-state index contributed by atoms with van der Waals surface area (Å²) in [7, 11) is -3.53. The molecule has 32 heavy (non-hydrogen) atoms. The van der Waals surface area contributed by atoms with Crippen molar-refractivity contribution in [2.24, 2.45) is 0 Å². The van der Waals surface area contributed by atoms with Crippen LogP contribution in [0.3, 0.4) is 0 Å². The molecule has 1 amide bonds. The number of aromatic nitrogens is 1. The first-order valence-corrected chi connectivity index (χ1v) is 12.2. The van der Waals surface area contributed by atoms with Crippen LogP contribution in [0.15, 0.2) is 70.1 Å². The molecular formula is C24H27N3O4S. The van der Waals surface area contributed by atoms with Crippen molar-refractivity contribution >= 4 is 15.9 Å². The van der Waals surface area contributed by atoms with Gasteiger partial charge in [0.15, 0.2) is 11.7 Å². The normalized spacial score (nSPS) is 15.1. The first kappa shape index (κ1) is 22.2. The molecule has 0 bridgehead atoms. The summed E-state index contributed by atoms with van der Waals surface area (Å²) < 4.78 is 32.9. The molecular weight excluding hydrogens is 426 g/mol. The molecule has 1 aromatic heterocycles. The second kappa shape index (κ2) is 9.67. The van der Waals surface area contributed by atoms with Crippen LogP contribution in [0.2, 0.25) is 0 Å². The van der Waals surface area contributed by atoms with Crippen molar-refractivity contribution in [2.45, 2.75) is 31.1 Å². The van der Waals surface area contributed by atoms with E-state index in [2.05, 4.69) is 4.98 Å². The van der Waals surface area contributed by atoms with Crippen molar-refractivity contribution in [3.63, 3.8) is 0 Å². The lowest BCUT2D eigenvalue weighted by molar-refractivity contribution is -0.132. The minimum atomic E-state index is -3.53.